The monoisotopic (exact) mass is 393 g/mol. The zero-order chi connectivity index (χ0) is 16.2. The van der Waals surface area contributed by atoms with E-state index in [1.807, 2.05) is 13.8 Å². The van der Waals surface area contributed by atoms with Crippen LogP contribution in [-0.4, -0.2) is 23.0 Å². The number of benzene rings is 1. The Labute approximate surface area is 157 Å². The molecule has 24 heavy (non-hydrogen) atoms. The predicted octanol–water partition coefficient (Wildman–Crippen LogP) is 4.04. The minimum absolute atomic E-state index is 0. The summed E-state index contributed by atoms with van der Waals surface area (Å²) in [7, 11) is 0. The van der Waals surface area contributed by atoms with Gasteiger partial charge in [-0.25, -0.2) is 9.37 Å². The van der Waals surface area contributed by atoms with Crippen LogP contribution in [-0.2, 0) is 0 Å². The minimum Gasteiger partial charge on any atom is -0.349 e. The van der Waals surface area contributed by atoms with Gasteiger partial charge in [-0.2, -0.15) is 0 Å². The predicted molar refractivity (Wildman–Crippen MR) is 102 cm³/mol. The highest BCUT2D eigenvalue weighted by Gasteiger charge is 2.22. The molecule has 2 aromatic rings. The molecule has 1 heterocycles. The van der Waals surface area contributed by atoms with Crippen LogP contribution in [0.4, 0.5) is 4.39 Å². The maximum Gasteiger partial charge on any atom is 0.270 e. The quantitative estimate of drug-likeness (QED) is 0.777. The Bertz CT molecular complexity index is 645. The Balaban J connectivity index is 0.00000264. The molecule has 4 nitrogen and oxygen atoms in total. The highest BCUT2D eigenvalue weighted by Crippen LogP contribution is 2.23. The maximum atomic E-state index is 12.9. The van der Waals surface area contributed by atoms with Gasteiger partial charge in [0.25, 0.3) is 5.91 Å². The van der Waals surface area contributed by atoms with Gasteiger partial charge in [0.2, 0.25) is 0 Å². The Morgan fingerprint density at radius 3 is 2.38 bits per heavy atom. The Morgan fingerprint density at radius 2 is 1.83 bits per heavy atom. The van der Waals surface area contributed by atoms with Crippen LogP contribution in [0, 0.1) is 5.82 Å². The fourth-order valence-electron chi connectivity index (χ4n) is 1.95. The largest absolute Gasteiger partial charge is 0.349 e. The number of carbonyl (C=O) groups is 1. The molecule has 0 aliphatic carbocycles. The lowest BCUT2D eigenvalue weighted by molar-refractivity contribution is 0.0938. The van der Waals surface area contributed by atoms with E-state index >= 15 is 0 Å². The number of amides is 1. The van der Waals surface area contributed by atoms with E-state index in [9.17, 15) is 9.18 Å². The average Bonchev–Trinajstić information content (AvgIpc) is 3.03. The lowest BCUT2D eigenvalue weighted by Crippen LogP contribution is -2.49. The molecule has 0 radical (unpaired) electrons. The third-order valence-electron chi connectivity index (χ3n) is 3.84. The van der Waals surface area contributed by atoms with E-state index < -0.39 is 0 Å². The molecule has 8 heteroatoms. The molecule has 0 aliphatic rings. The minimum atomic E-state index is -0.383. The number of halogens is 3. The summed E-state index contributed by atoms with van der Waals surface area (Å²) in [5.74, 6) is -0.530. The van der Waals surface area contributed by atoms with Gasteiger partial charge in [-0.3, -0.25) is 4.79 Å². The van der Waals surface area contributed by atoms with Gasteiger partial charge < -0.3 is 11.1 Å². The van der Waals surface area contributed by atoms with Gasteiger partial charge in [-0.05, 0) is 37.1 Å². The van der Waals surface area contributed by atoms with Crippen LogP contribution in [0.25, 0.3) is 10.6 Å². The van der Waals surface area contributed by atoms with Crippen molar-refractivity contribution in [2.24, 2.45) is 5.73 Å². The summed E-state index contributed by atoms with van der Waals surface area (Å²) >= 11 is 1.36. The zero-order valence-corrected chi connectivity index (χ0v) is 16.0. The topological polar surface area (TPSA) is 68.0 Å². The molecule has 0 unspecified atom stereocenters. The van der Waals surface area contributed by atoms with Crippen LogP contribution in [0.1, 0.15) is 37.2 Å². The van der Waals surface area contributed by atoms with Crippen molar-refractivity contribution < 1.29 is 9.18 Å². The Morgan fingerprint density at radius 1 is 1.25 bits per heavy atom. The SMILES string of the molecule is CCC(N)(CC)CNC(=O)c1csc(-c2ccc(F)cc2)n1.Cl.Cl. The smallest absolute Gasteiger partial charge is 0.270 e. The van der Waals surface area contributed by atoms with Crippen molar-refractivity contribution >= 4 is 42.1 Å². The molecule has 0 atom stereocenters. The van der Waals surface area contributed by atoms with Gasteiger partial charge >= 0.3 is 0 Å². The van der Waals surface area contributed by atoms with Crippen molar-refractivity contribution in [2.45, 2.75) is 32.2 Å². The summed E-state index contributed by atoms with van der Waals surface area (Å²) < 4.78 is 12.9. The van der Waals surface area contributed by atoms with Crippen molar-refractivity contribution in [3.8, 4) is 10.6 Å². The van der Waals surface area contributed by atoms with Crippen molar-refractivity contribution in [1.82, 2.24) is 10.3 Å². The first-order valence-electron chi connectivity index (χ1n) is 7.26. The molecule has 1 amide bonds. The number of hydrogen-bond acceptors (Lipinski definition) is 4. The molecule has 0 saturated carbocycles. The first kappa shape index (κ1) is 22.8. The number of nitrogens with one attached hydrogen (secondary N) is 1. The first-order valence-corrected chi connectivity index (χ1v) is 8.14. The highest BCUT2D eigenvalue weighted by atomic mass is 35.5. The maximum absolute atomic E-state index is 12.9. The van der Waals surface area contributed by atoms with Gasteiger partial charge in [-0.1, -0.05) is 13.8 Å². The zero-order valence-electron chi connectivity index (χ0n) is 13.5. The summed E-state index contributed by atoms with van der Waals surface area (Å²) in [5.41, 5.74) is 6.93. The van der Waals surface area contributed by atoms with Gasteiger partial charge in [-0.15, -0.1) is 36.2 Å². The first-order chi connectivity index (χ1) is 10.5. The fraction of sp³-hybridized carbons (Fsp3) is 0.375. The molecule has 134 valence electrons. The summed E-state index contributed by atoms with van der Waals surface area (Å²) in [5, 5.41) is 5.22. The standard InChI is InChI=1S/C16H20FN3OS.2ClH/c1-3-16(18,4-2)10-19-14(21)13-9-22-15(20-13)11-5-7-12(17)8-6-11;;/h5-9H,3-4,10,18H2,1-2H3,(H,19,21);2*1H. The highest BCUT2D eigenvalue weighted by molar-refractivity contribution is 7.13. The second kappa shape index (κ2) is 9.93. The van der Waals surface area contributed by atoms with Crippen LogP contribution >= 0.6 is 36.2 Å². The number of nitrogens with zero attached hydrogens (tertiary/aromatic N) is 1. The molecular weight excluding hydrogens is 372 g/mol. The molecule has 1 aromatic carbocycles. The van der Waals surface area contributed by atoms with Crippen molar-refractivity contribution in [1.29, 1.82) is 0 Å². The van der Waals surface area contributed by atoms with Crippen LogP contribution in [0.5, 0.6) is 0 Å². The molecule has 0 fully saturated rings. The van der Waals surface area contributed by atoms with Crippen LogP contribution in [0.3, 0.4) is 0 Å². The van der Waals surface area contributed by atoms with Gasteiger partial charge in [0, 0.05) is 23.0 Å². The van der Waals surface area contributed by atoms with Crippen LogP contribution < -0.4 is 11.1 Å². The lowest BCUT2D eigenvalue weighted by Gasteiger charge is -2.26. The lowest BCUT2D eigenvalue weighted by atomic mass is 9.94. The number of carbonyl (C=O) groups excluding carboxylic acids is 1. The van der Waals surface area contributed by atoms with E-state index in [1.165, 1.54) is 23.5 Å². The van der Waals surface area contributed by atoms with Crippen LogP contribution in [0.2, 0.25) is 0 Å². The van der Waals surface area contributed by atoms with E-state index in [4.69, 9.17) is 5.73 Å². The van der Waals surface area contributed by atoms with Gasteiger partial charge in [0.1, 0.15) is 16.5 Å². The molecule has 2 rings (SSSR count). The number of rotatable bonds is 6. The van der Waals surface area contributed by atoms with Gasteiger partial charge in [0.15, 0.2) is 0 Å². The number of nitrogens with two attached hydrogens (primary N) is 1. The van der Waals surface area contributed by atoms with E-state index in [-0.39, 0.29) is 42.1 Å². The second-order valence-electron chi connectivity index (χ2n) is 5.30. The molecule has 3 N–H and O–H groups in total. The van der Waals surface area contributed by atoms with E-state index in [2.05, 4.69) is 10.3 Å². The number of thiazole rings is 1. The molecule has 0 aliphatic heterocycles. The third kappa shape index (κ3) is 5.70. The summed E-state index contributed by atoms with van der Waals surface area (Å²) in [4.78, 5) is 16.4. The van der Waals surface area contributed by atoms with E-state index in [0.29, 0.717) is 17.2 Å². The summed E-state index contributed by atoms with van der Waals surface area (Å²) in [6, 6.07) is 6.05. The van der Waals surface area contributed by atoms with E-state index in [1.54, 1.807) is 17.5 Å². The van der Waals surface area contributed by atoms with Crippen molar-refractivity contribution in [3.63, 3.8) is 0 Å². The fourth-order valence-corrected chi connectivity index (χ4v) is 2.76. The average molecular weight is 394 g/mol. The van der Waals surface area contributed by atoms with Gasteiger partial charge in [0.05, 0.1) is 0 Å². The Kier molecular flexibility index (Phi) is 9.43. The van der Waals surface area contributed by atoms with Crippen LogP contribution in [0.15, 0.2) is 29.6 Å². The third-order valence-corrected chi connectivity index (χ3v) is 4.73. The molecule has 1 aromatic heterocycles. The normalized spacial score (nSPS) is 10.5. The summed E-state index contributed by atoms with van der Waals surface area (Å²) in [6.45, 7) is 4.43. The molecule has 0 bridgehead atoms. The molecule has 0 spiro atoms. The molecule has 0 saturated heterocycles. The number of aromatic nitrogens is 1. The van der Waals surface area contributed by atoms with E-state index in [0.717, 1.165) is 18.4 Å². The van der Waals surface area contributed by atoms with Crippen molar-refractivity contribution in [3.05, 3.63) is 41.2 Å². The Hall–Kier alpha value is -1.21. The van der Waals surface area contributed by atoms with Crippen molar-refractivity contribution in [2.75, 3.05) is 6.54 Å². The summed E-state index contributed by atoms with van der Waals surface area (Å²) in [6.07, 6.45) is 1.59. The second-order valence-corrected chi connectivity index (χ2v) is 6.16. The number of hydrogen-bond donors (Lipinski definition) is 2. The molecular formula is C16H22Cl2FN3OS.